The molecule has 21 heavy (non-hydrogen) atoms. The fourth-order valence-corrected chi connectivity index (χ4v) is 2.63. The minimum absolute atomic E-state index is 0.346. The van der Waals surface area contributed by atoms with E-state index in [2.05, 4.69) is 4.72 Å². The second kappa shape index (κ2) is 6.06. The first-order valence-electron chi connectivity index (χ1n) is 6.39. The van der Waals surface area contributed by atoms with E-state index in [1.807, 2.05) is 0 Å². The quantitative estimate of drug-likeness (QED) is 0.875. The fraction of sp³-hybridized carbons (Fsp3) is 0.571. The zero-order chi connectivity index (χ0) is 16.5. The zero-order valence-electron chi connectivity index (χ0n) is 12.4. The molecule has 0 radical (unpaired) electrons. The molecule has 120 valence electrons. The lowest BCUT2D eigenvalue weighted by Crippen LogP contribution is -2.58. The van der Waals surface area contributed by atoms with Crippen LogP contribution >= 0.6 is 0 Å². The summed E-state index contributed by atoms with van der Waals surface area (Å²) in [7, 11) is -1.87. The van der Waals surface area contributed by atoms with Crippen LogP contribution in [0.3, 0.4) is 0 Å². The number of halogens is 3. The van der Waals surface area contributed by atoms with E-state index in [1.165, 1.54) is 18.2 Å². The van der Waals surface area contributed by atoms with Gasteiger partial charge in [0.1, 0.15) is 18.0 Å². The molecule has 1 aromatic carbocycles. The van der Waals surface area contributed by atoms with Gasteiger partial charge in [0.2, 0.25) is 0 Å². The Morgan fingerprint density at radius 2 is 1.71 bits per heavy atom. The lowest BCUT2D eigenvalue weighted by Gasteiger charge is -2.39. The summed E-state index contributed by atoms with van der Waals surface area (Å²) in [6, 6.07) is 5.01. The second-order valence-corrected chi connectivity index (χ2v) is 7.92. The van der Waals surface area contributed by atoms with Gasteiger partial charge in [-0.25, -0.2) is 22.1 Å². The van der Waals surface area contributed by atoms with E-state index in [4.69, 9.17) is 5.11 Å². The van der Waals surface area contributed by atoms with Gasteiger partial charge in [-0.05, 0) is 33.8 Å². The van der Waals surface area contributed by atoms with Crippen LogP contribution in [0.2, 0.25) is 0 Å². The van der Waals surface area contributed by atoms with Crippen molar-refractivity contribution < 1.29 is 22.5 Å². The van der Waals surface area contributed by atoms with E-state index < -0.39 is 39.6 Å². The first kappa shape index (κ1) is 18.1. The van der Waals surface area contributed by atoms with Gasteiger partial charge < -0.3 is 5.11 Å². The largest absolute Gasteiger partial charge is 0.390 e. The highest BCUT2D eigenvalue weighted by Crippen LogP contribution is 2.39. The summed E-state index contributed by atoms with van der Waals surface area (Å²) in [6.45, 7) is 4.36. The normalized spacial score (nSPS) is 17.3. The molecule has 0 saturated heterocycles. The molecule has 2 atom stereocenters. The van der Waals surface area contributed by atoms with Gasteiger partial charge in [0.15, 0.2) is 0 Å². The van der Waals surface area contributed by atoms with E-state index in [0.717, 1.165) is 13.0 Å². The summed E-state index contributed by atoms with van der Waals surface area (Å²) < 4.78 is 56.0. The Bertz CT molecular complexity index is 531. The van der Waals surface area contributed by atoms with E-state index in [9.17, 15) is 17.4 Å². The molecule has 0 aliphatic carbocycles. The summed E-state index contributed by atoms with van der Waals surface area (Å²) >= 11 is 0. The van der Waals surface area contributed by atoms with Gasteiger partial charge in [-0.2, -0.15) is 0 Å². The number of hydrogen-bond acceptors (Lipinski definition) is 2. The van der Waals surface area contributed by atoms with Crippen molar-refractivity contribution in [1.82, 2.24) is 4.72 Å². The van der Waals surface area contributed by atoms with Gasteiger partial charge >= 0.3 is 0 Å². The molecule has 0 fully saturated rings. The van der Waals surface area contributed by atoms with Gasteiger partial charge in [-0.1, -0.05) is 18.2 Å². The maximum absolute atomic E-state index is 14.2. The molecule has 0 aliphatic heterocycles. The van der Waals surface area contributed by atoms with Crippen LogP contribution in [0.1, 0.15) is 33.3 Å². The molecule has 0 amide bonds. The molecule has 3 nitrogen and oxygen atoms in total. The third-order valence-corrected chi connectivity index (χ3v) is 4.90. The minimum Gasteiger partial charge on any atom is -0.390 e. The highest BCUT2D eigenvalue weighted by molar-refractivity contribution is 7.84. The molecule has 0 bridgehead atoms. The van der Waals surface area contributed by atoms with Crippen LogP contribution in [-0.2, 0) is 16.5 Å². The van der Waals surface area contributed by atoms with Gasteiger partial charge in [-0.15, -0.1) is 0 Å². The van der Waals surface area contributed by atoms with Crippen LogP contribution in [0.25, 0.3) is 0 Å². The van der Waals surface area contributed by atoms with Gasteiger partial charge in [0, 0.05) is 5.56 Å². The van der Waals surface area contributed by atoms with Crippen LogP contribution in [0.15, 0.2) is 24.3 Å². The molecular weight excluding hydrogens is 303 g/mol. The molecule has 0 aliphatic rings. The van der Waals surface area contributed by atoms with Crippen molar-refractivity contribution in [1.29, 1.82) is 0 Å². The summed E-state index contributed by atoms with van der Waals surface area (Å²) in [5.74, 6) is -4.55. The topological polar surface area (TPSA) is 49.3 Å². The average molecular weight is 323 g/mol. The molecule has 0 heterocycles. The SMILES string of the molecule is CC(C)(C)S(=O)N[C@](C)(c1ccccc1F)C(F)(F)CO. The smallest absolute Gasteiger partial charge is 0.293 e. The van der Waals surface area contributed by atoms with Crippen LogP contribution in [0, 0.1) is 5.82 Å². The molecule has 1 rings (SSSR count). The van der Waals surface area contributed by atoms with E-state index >= 15 is 0 Å². The van der Waals surface area contributed by atoms with Crippen LogP contribution in [0.4, 0.5) is 13.2 Å². The average Bonchev–Trinajstić information content (AvgIpc) is 2.37. The number of benzene rings is 1. The summed E-state index contributed by atoms with van der Waals surface area (Å²) in [6.07, 6.45) is 0. The maximum Gasteiger partial charge on any atom is 0.293 e. The third kappa shape index (κ3) is 3.64. The molecule has 7 heteroatoms. The first-order valence-corrected chi connectivity index (χ1v) is 7.54. The van der Waals surface area contributed by atoms with E-state index in [1.54, 1.807) is 20.8 Å². The summed E-state index contributed by atoms with van der Waals surface area (Å²) in [4.78, 5) is 0. The van der Waals surface area contributed by atoms with Gasteiger partial charge in [0.25, 0.3) is 5.92 Å². The molecule has 1 aromatic rings. The second-order valence-electron chi connectivity index (χ2n) is 5.95. The van der Waals surface area contributed by atoms with Crippen molar-refractivity contribution in [3.05, 3.63) is 35.6 Å². The number of aliphatic hydroxyl groups is 1. The van der Waals surface area contributed by atoms with Crippen LogP contribution in [0.5, 0.6) is 0 Å². The van der Waals surface area contributed by atoms with Gasteiger partial charge in [-0.3, -0.25) is 0 Å². The predicted molar refractivity (Wildman–Crippen MR) is 76.8 cm³/mol. The molecule has 0 spiro atoms. The lowest BCUT2D eigenvalue weighted by molar-refractivity contribution is -0.114. The molecule has 0 aromatic heterocycles. The Hall–Kier alpha value is -0.920. The summed E-state index contributed by atoms with van der Waals surface area (Å²) in [5.41, 5.74) is -2.65. The number of aliphatic hydroxyl groups excluding tert-OH is 1. The maximum atomic E-state index is 14.2. The Balaban J connectivity index is 3.39. The van der Waals surface area contributed by atoms with Crippen molar-refractivity contribution in [2.75, 3.05) is 6.61 Å². The summed E-state index contributed by atoms with van der Waals surface area (Å²) in [5, 5.41) is 8.99. The minimum atomic E-state index is -3.70. The Labute approximate surface area is 125 Å². The number of alkyl halides is 2. The number of nitrogens with one attached hydrogen (secondary N) is 1. The monoisotopic (exact) mass is 323 g/mol. The molecule has 2 N–H and O–H groups in total. The Morgan fingerprint density at radius 1 is 1.19 bits per heavy atom. The van der Waals surface area contributed by atoms with Crippen molar-refractivity contribution >= 4 is 11.0 Å². The molecule has 1 unspecified atom stereocenters. The number of hydrogen-bond donors (Lipinski definition) is 2. The lowest BCUT2D eigenvalue weighted by atomic mass is 9.86. The van der Waals surface area contributed by atoms with E-state index in [-0.39, 0.29) is 5.56 Å². The standard InChI is InChI=1S/C14H20F3NO2S/c1-12(2,3)21(20)18-13(4,14(16,17)9-19)10-7-5-6-8-11(10)15/h5-8,18-19H,9H2,1-4H3/t13-,21?/m1/s1. The van der Waals surface area contributed by atoms with Gasteiger partial charge in [0.05, 0.1) is 15.7 Å². The Morgan fingerprint density at radius 3 is 2.14 bits per heavy atom. The molecular formula is C14H20F3NO2S. The number of rotatable bonds is 5. The predicted octanol–water partition coefficient (Wildman–Crippen LogP) is 2.72. The fourth-order valence-electron chi connectivity index (χ4n) is 1.69. The van der Waals surface area contributed by atoms with Crippen molar-refractivity contribution in [2.24, 2.45) is 0 Å². The highest BCUT2D eigenvalue weighted by atomic mass is 32.2. The highest BCUT2D eigenvalue weighted by Gasteiger charge is 2.53. The third-order valence-electron chi connectivity index (χ3n) is 3.20. The van der Waals surface area contributed by atoms with Crippen LogP contribution in [-0.4, -0.2) is 26.6 Å². The van der Waals surface area contributed by atoms with Crippen molar-refractivity contribution in [3.63, 3.8) is 0 Å². The first-order chi connectivity index (χ1) is 9.45. The molecule has 0 saturated carbocycles. The van der Waals surface area contributed by atoms with Crippen molar-refractivity contribution in [2.45, 2.75) is 43.9 Å². The van der Waals surface area contributed by atoms with Crippen LogP contribution < -0.4 is 4.72 Å². The Kier molecular flexibility index (Phi) is 5.23. The zero-order valence-corrected chi connectivity index (χ0v) is 13.2. The van der Waals surface area contributed by atoms with E-state index in [0.29, 0.717) is 0 Å². The van der Waals surface area contributed by atoms with Crippen molar-refractivity contribution in [3.8, 4) is 0 Å².